The number of fused-ring (bicyclic) bond motifs is 1. The van der Waals surface area contributed by atoms with E-state index >= 15 is 0 Å². The second-order valence-corrected chi connectivity index (χ2v) is 3.07. The highest BCUT2D eigenvalue weighted by molar-refractivity contribution is 6.01. The Labute approximate surface area is 80.3 Å². The second kappa shape index (κ2) is 3.12. The van der Waals surface area contributed by atoms with E-state index in [1.807, 2.05) is 5.43 Å². The van der Waals surface area contributed by atoms with E-state index in [4.69, 9.17) is 5.84 Å². The van der Waals surface area contributed by atoms with Gasteiger partial charge < -0.3 is 5.32 Å². The van der Waals surface area contributed by atoms with Crippen molar-refractivity contribution in [2.24, 2.45) is 5.84 Å². The minimum absolute atomic E-state index is 0.0506. The van der Waals surface area contributed by atoms with Crippen molar-refractivity contribution in [2.45, 2.75) is 6.42 Å². The van der Waals surface area contributed by atoms with Gasteiger partial charge in [0.15, 0.2) is 0 Å². The average molecular weight is 191 g/mol. The Morgan fingerprint density at radius 2 is 2.29 bits per heavy atom. The smallest absolute Gasteiger partial charge is 0.265 e. The van der Waals surface area contributed by atoms with Crippen molar-refractivity contribution in [3.8, 4) is 0 Å². The van der Waals surface area contributed by atoms with E-state index in [1.165, 1.54) is 0 Å². The van der Waals surface area contributed by atoms with Gasteiger partial charge in [-0.3, -0.25) is 15.0 Å². The Kier molecular flexibility index (Phi) is 1.94. The van der Waals surface area contributed by atoms with E-state index in [0.717, 1.165) is 11.3 Å². The van der Waals surface area contributed by atoms with Crippen LogP contribution in [0, 0.1) is 0 Å². The molecule has 1 aromatic carbocycles. The molecule has 5 heteroatoms. The number of anilines is 1. The van der Waals surface area contributed by atoms with Crippen molar-refractivity contribution in [1.29, 1.82) is 0 Å². The molecule has 0 saturated heterocycles. The van der Waals surface area contributed by atoms with Gasteiger partial charge in [0.05, 0.1) is 6.42 Å². The second-order valence-electron chi connectivity index (χ2n) is 3.07. The van der Waals surface area contributed by atoms with Crippen molar-refractivity contribution in [3.05, 3.63) is 29.3 Å². The lowest BCUT2D eigenvalue weighted by Gasteiger charge is -2.02. The van der Waals surface area contributed by atoms with Crippen molar-refractivity contribution in [2.75, 3.05) is 5.32 Å². The third kappa shape index (κ3) is 1.33. The molecular formula is C9H9N3O2. The molecule has 0 fully saturated rings. The van der Waals surface area contributed by atoms with Crippen LogP contribution in [0.15, 0.2) is 18.2 Å². The maximum Gasteiger partial charge on any atom is 0.265 e. The normalized spacial score (nSPS) is 13.4. The first kappa shape index (κ1) is 8.71. The molecule has 2 amide bonds. The summed E-state index contributed by atoms with van der Waals surface area (Å²) < 4.78 is 0. The maximum atomic E-state index is 11.2. The number of carbonyl (C=O) groups excluding carboxylic acids is 2. The van der Waals surface area contributed by atoms with E-state index < -0.39 is 0 Å². The Morgan fingerprint density at radius 3 is 3.00 bits per heavy atom. The number of amides is 2. The summed E-state index contributed by atoms with van der Waals surface area (Å²) in [5.74, 6) is 4.59. The van der Waals surface area contributed by atoms with Gasteiger partial charge in [-0.25, -0.2) is 5.84 Å². The van der Waals surface area contributed by atoms with E-state index in [0.29, 0.717) is 12.0 Å². The lowest BCUT2D eigenvalue weighted by Crippen LogP contribution is -2.29. The molecule has 72 valence electrons. The van der Waals surface area contributed by atoms with Gasteiger partial charge in [0.25, 0.3) is 5.91 Å². The largest absolute Gasteiger partial charge is 0.326 e. The molecular weight excluding hydrogens is 182 g/mol. The maximum absolute atomic E-state index is 11.2. The molecule has 0 radical (unpaired) electrons. The number of benzene rings is 1. The van der Waals surface area contributed by atoms with Crippen molar-refractivity contribution < 1.29 is 9.59 Å². The van der Waals surface area contributed by atoms with E-state index in [2.05, 4.69) is 5.32 Å². The van der Waals surface area contributed by atoms with Crippen LogP contribution in [0.2, 0.25) is 0 Å². The summed E-state index contributed by atoms with van der Waals surface area (Å²) >= 11 is 0. The van der Waals surface area contributed by atoms with Crippen molar-refractivity contribution in [1.82, 2.24) is 5.43 Å². The summed E-state index contributed by atoms with van der Waals surface area (Å²) in [6, 6.07) is 4.98. The summed E-state index contributed by atoms with van der Waals surface area (Å²) in [4.78, 5) is 22.2. The summed E-state index contributed by atoms with van der Waals surface area (Å²) in [5, 5.41) is 2.68. The van der Waals surface area contributed by atoms with Gasteiger partial charge in [-0.15, -0.1) is 0 Å². The highest BCUT2D eigenvalue weighted by Gasteiger charge is 2.18. The molecule has 0 atom stereocenters. The molecule has 2 rings (SSSR count). The molecule has 0 saturated carbocycles. The molecule has 1 aliphatic rings. The van der Waals surface area contributed by atoms with E-state index in [9.17, 15) is 9.59 Å². The molecule has 14 heavy (non-hydrogen) atoms. The minimum Gasteiger partial charge on any atom is -0.326 e. The van der Waals surface area contributed by atoms with Crippen LogP contribution in [0.3, 0.4) is 0 Å². The fraction of sp³-hybridized carbons (Fsp3) is 0.111. The van der Waals surface area contributed by atoms with Crippen LogP contribution >= 0.6 is 0 Å². The number of hydrogen-bond acceptors (Lipinski definition) is 3. The van der Waals surface area contributed by atoms with Crippen LogP contribution in [0.5, 0.6) is 0 Å². The van der Waals surface area contributed by atoms with Gasteiger partial charge in [0.2, 0.25) is 5.91 Å². The van der Waals surface area contributed by atoms with Gasteiger partial charge in [-0.2, -0.15) is 0 Å². The van der Waals surface area contributed by atoms with Gasteiger partial charge in [-0.1, -0.05) is 0 Å². The predicted octanol–water partition coefficient (Wildman–Crippen LogP) is -0.215. The third-order valence-electron chi connectivity index (χ3n) is 2.12. The Bertz CT molecular complexity index is 415. The summed E-state index contributed by atoms with van der Waals surface area (Å²) in [6.45, 7) is 0. The molecule has 5 nitrogen and oxygen atoms in total. The van der Waals surface area contributed by atoms with Crippen molar-refractivity contribution >= 4 is 17.5 Å². The lowest BCUT2D eigenvalue weighted by molar-refractivity contribution is -0.115. The monoisotopic (exact) mass is 191 g/mol. The van der Waals surface area contributed by atoms with E-state index in [1.54, 1.807) is 18.2 Å². The molecule has 1 aromatic rings. The average Bonchev–Trinajstić information content (AvgIpc) is 2.55. The number of nitrogens with two attached hydrogens (primary N) is 1. The molecule has 1 heterocycles. The molecule has 1 aliphatic heterocycles. The van der Waals surface area contributed by atoms with Crippen LogP contribution in [0.4, 0.5) is 5.69 Å². The van der Waals surface area contributed by atoms with Gasteiger partial charge in [-0.05, 0) is 23.8 Å². The fourth-order valence-corrected chi connectivity index (χ4v) is 1.45. The van der Waals surface area contributed by atoms with Crippen LogP contribution < -0.4 is 16.6 Å². The zero-order valence-corrected chi connectivity index (χ0v) is 7.33. The zero-order chi connectivity index (χ0) is 10.1. The van der Waals surface area contributed by atoms with E-state index in [-0.39, 0.29) is 11.8 Å². The lowest BCUT2D eigenvalue weighted by atomic mass is 10.1. The Hall–Kier alpha value is -1.88. The van der Waals surface area contributed by atoms with Gasteiger partial charge in [0, 0.05) is 11.3 Å². The highest BCUT2D eigenvalue weighted by atomic mass is 16.2. The first-order valence-electron chi connectivity index (χ1n) is 4.14. The molecule has 0 unspecified atom stereocenters. The number of rotatable bonds is 1. The summed E-state index contributed by atoms with van der Waals surface area (Å²) in [7, 11) is 0. The zero-order valence-electron chi connectivity index (χ0n) is 7.33. The van der Waals surface area contributed by atoms with Crippen molar-refractivity contribution in [3.63, 3.8) is 0 Å². The Balaban J connectivity index is 2.37. The third-order valence-corrected chi connectivity index (χ3v) is 2.12. The van der Waals surface area contributed by atoms with Crippen LogP contribution in [0.25, 0.3) is 0 Å². The van der Waals surface area contributed by atoms with Crippen LogP contribution in [-0.2, 0) is 11.2 Å². The van der Waals surface area contributed by atoms with Gasteiger partial charge >= 0.3 is 0 Å². The molecule has 4 N–H and O–H groups in total. The summed E-state index contributed by atoms with van der Waals surface area (Å²) in [6.07, 6.45) is 0.320. The van der Waals surface area contributed by atoms with Crippen LogP contribution in [-0.4, -0.2) is 11.8 Å². The first-order chi connectivity index (χ1) is 6.70. The number of nitrogens with one attached hydrogen (secondary N) is 2. The number of hydrogen-bond donors (Lipinski definition) is 3. The van der Waals surface area contributed by atoms with Crippen LogP contribution in [0.1, 0.15) is 15.9 Å². The minimum atomic E-state index is -0.354. The molecule has 0 aliphatic carbocycles. The fourth-order valence-electron chi connectivity index (χ4n) is 1.45. The Morgan fingerprint density at radius 1 is 1.50 bits per heavy atom. The quantitative estimate of drug-likeness (QED) is 0.326. The first-order valence-corrected chi connectivity index (χ1v) is 4.14. The SMILES string of the molecule is NNC(=O)c1ccc2c(c1)CC(=O)N2. The molecule has 0 spiro atoms. The van der Waals surface area contributed by atoms with Gasteiger partial charge in [0.1, 0.15) is 0 Å². The predicted molar refractivity (Wildman–Crippen MR) is 50.4 cm³/mol. The highest BCUT2D eigenvalue weighted by Crippen LogP contribution is 2.23. The number of carbonyl (C=O) groups is 2. The molecule has 0 bridgehead atoms. The molecule has 0 aromatic heterocycles. The number of hydrazine groups is 1. The topological polar surface area (TPSA) is 84.2 Å². The number of nitrogen functional groups attached to an aromatic ring is 1. The summed E-state index contributed by atoms with van der Waals surface area (Å²) in [5.41, 5.74) is 4.10. The standard InChI is InChI=1S/C9H9N3O2/c10-12-9(14)5-1-2-7-6(3-5)4-8(13)11-7/h1-3H,4,10H2,(H,11,13)(H,12,14).